The van der Waals surface area contributed by atoms with Crippen molar-refractivity contribution in [3.63, 3.8) is 0 Å². The van der Waals surface area contributed by atoms with Crippen LogP contribution in [0.4, 0.5) is 0 Å². The second kappa shape index (κ2) is 3.48. The molecule has 13 heavy (non-hydrogen) atoms. The third-order valence-corrected chi connectivity index (χ3v) is 2.12. The minimum Gasteiger partial charge on any atom is -0.386 e. The molecule has 0 bridgehead atoms. The molecule has 0 saturated heterocycles. The van der Waals surface area contributed by atoms with Crippen LogP contribution in [0.2, 0.25) is 0 Å². The molecule has 0 unspecified atom stereocenters. The second-order valence-corrected chi connectivity index (χ2v) is 3.97. The van der Waals surface area contributed by atoms with Crippen molar-refractivity contribution in [2.24, 2.45) is 5.73 Å². The van der Waals surface area contributed by atoms with Crippen LogP contribution in [0.15, 0.2) is 24.3 Å². The fourth-order valence-corrected chi connectivity index (χ4v) is 1.20. The number of hydrogen-bond donors (Lipinski definition) is 2. The molecular formula is C11H17NO. The van der Waals surface area contributed by atoms with Gasteiger partial charge in [0.05, 0.1) is 5.60 Å². The zero-order valence-corrected chi connectivity index (χ0v) is 8.41. The Morgan fingerprint density at radius 3 is 2.46 bits per heavy atom. The highest BCUT2D eigenvalue weighted by atomic mass is 16.3. The lowest BCUT2D eigenvalue weighted by Gasteiger charge is -2.19. The van der Waals surface area contributed by atoms with Gasteiger partial charge in [0.15, 0.2) is 0 Å². The maximum absolute atomic E-state index is 9.75. The zero-order chi connectivity index (χ0) is 10.1. The van der Waals surface area contributed by atoms with Gasteiger partial charge in [-0.25, -0.2) is 0 Å². The Morgan fingerprint density at radius 1 is 1.38 bits per heavy atom. The van der Waals surface area contributed by atoms with E-state index in [9.17, 15) is 5.11 Å². The Labute approximate surface area is 79.4 Å². The molecule has 2 nitrogen and oxygen atoms in total. The van der Waals surface area contributed by atoms with Crippen LogP contribution in [0.25, 0.3) is 0 Å². The lowest BCUT2D eigenvalue weighted by Crippen LogP contribution is -2.16. The van der Waals surface area contributed by atoms with Crippen LogP contribution in [0.5, 0.6) is 0 Å². The summed E-state index contributed by atoms with van der Waals surface area (Å²) in [5.41, 5.74) is 6.92. The Hall–Kier alpha value is -0.860. The molecule has 0 fully saturated rings. The third kappa shape index (κ3) is 2.54. The van der Waals surface area contributed by atoms with Gasteiger partial charge in [-0.05, 0) is 31.9 Å². The number of nitrogens with two attached hydrogens (primary N) is 1. The first kappa shape index (κ1) is 10.2. The maximum Gasteiger partial charge on any atom is 0.0840 e. The normalized spacial score (nSPS) is 14.2. The Bertz CT molecular complexity index is 286. The molecule has 0 aliphatic rings. The molecule has 0 spiro atoms. The summed E-state index contributed by atoms with van der Waals surface area (Å²) in [5, 5.41) is 9.75. The van der Waals surface area contributed by atoms with E-state index >= 15 is 0 Å². The topological polar surface area (TPSA) is 46.2 Å². The van der Waals surface area contributed by atoms with E-state index in [0.717, 1.165) is 11.1 Å². The van der Waals surface area contributed by atoms with Crippen LogP contribution >= 0.6 is 0 Å². The summed E-state index contributed by atoms with van der Waals surface area (Å²) >= 11 is 0. The summed E-state index contributed by atoms with van der Waals surface area (Å²) in [7, 11) is 0. The van der Waals surface area contributed by atoms with Crippen molar-refractivity contribution in [2.75, 3.05) is 0 Å². The van der Waals surface area contributed by atoms with Gasteiger partial charge in [0, 0.05) is 6.04 Å². The molecule has 0 aliphatic carbocycles. The highest BCUT2D eigenvalue weighted by Crippen LogP contribution is 2.22. The van der Waals surface area contributed by atoms with Crippen molar-refractivity contribution < 1.29 is 5.11 Å². The smallest absolute Gasteiger partial charge is 0.0840 e. The molecule has 1 aromatic carbocycles. The summed E-state index contributed by atoms with van der Waals surface area (Å²) in [6, 6.07) is 7.77. The number of aliphatic hydroxyl groups is 1. The van der Waals surface area contributed by atoms with Gasteiger partial charge < -0.3 is 10.8 Å². The molecule has 1 rings (SSSR count). The lowest BCUT2D eigenvalue weighted by molar-refractivity contribution is 0.0785. The van der Waals surface area contributed by atoms with E-state index in [-0.39, 0.29) is 6.04 Å². The number of hydrogen-bond acceptors (Lipinski definition) is 2. The summed E-state index contributed by atoms with van der Waals surface area (Å²) in [5.74, 6) is 0. The molecule has 0 aromatic heterocycles. The molecule has 0 radical (unpaired) electrons. The second-order valence-electron chi connectivity index (χ2n) is 3.97. The SMILES string of the molecule is C[C@@H](N)c1cccc(C(C)(C)O)c1. The molecule has 0 aliphatic heterocycles. The van der Waals surface area contributed by atoms with Gasteiger partial charge in [-0.15, -0.1) is 0 Å². The molecule has 3 N–H and O–H groups in total. The fraction of sp³-hybridized carbons (Fsp3) is 0.455. The first-order chi connectivity index (χ1) is 5.91. The molecule has 2 heteroatoms. The van der Waals surface area contributed by atoms with E-state index in [1.165, 1.54) is 0 Å². The quantitative estimate of drug-likeness (QED) is 0.728. The van der Waals surface area contributed by atoms with Crippen molar-refractivity contribution in [3.05, 3.63) is 35.4 Å². The van der Waals surface area contributed by atoms with Crippen LogP contribution in [0.3, 0.4) is 0 Å². The largest absolute Gasteiger partial charge is 0.386 e. The Balaban J connectivity index is 3.06. The predicted molar refractivity (Wildman–Crippen MR) is 54.3 cm³/mol. The van der Waals surface area contributed by atoms with Crippen molar-refractivity contribution in [3.8, 4) is 0 Å². The van der Waals surface area contributed by atoms with Crippen LogP contribution in [0, 0.1) is 0 Å². The van der Waals surface area contributed by atoms with Crippen LogP contribution < -0.4 is 5.73 Å². The summed E-state index contributed by atoms with van der Waals surface area (Å²) < 4.78 is 0. The van der Waals surface area contributed by atoms with E-state index in [1.807, 2.05) is 31.2 Å². The molecular weight excluding hydrogens is 162 g/mol. The average Bonchev–Trinajstić information content (AvgIpc) is 2.03. The number of benzene rings is 1. The van der Waals surface area contributed by atoms with Gasteiger partial charge in [-0.2, -0.15) is 0 Å². The van der Waals surface area contributed by atoms with E-state index in [4.69, 9.17) is 5.73 Å². The van der Waals surface area contributed by atoms with Gasteiger partial charge >= 0.3 is 0 Å². The van der Waals surface area contributed by atoms with Crippen molar-refractivity contribution in [2.45, 2.75) is 32.4 Å². The summed E-state index contributed by atoms with van der Waals surface area (Å²) in [4.78, 5) is 0. The Morgan fingerprint density at radius 2 is 2.00 bits per heavy atom. The summed E-state index contributed by atoms with van der Waals surface area (Å²) in [6.45, 7) is 5.48. The molecule has 0 amide bonds. The molecule has 1 aromatic rings. The van der Waals surface area contributed by atoms with Crippen LogP contribution in [-0.4, -0.2) is 5.11 Å². The van der Waals surface area contributed by atoms with E-state index < -0.39 is 5.60 Å². The van der Waals surface area contributed by atoms with Gasteiger partial charge in [0.25, 0.3) is 0 Å². The molecule has 72 valence electrons. The molecule has 0 saturated carbocycles. The van der Waals surface area contributed by atoms with Crippen molar-refractivity contribution in [1.29, 1.82) is 0 Å². The van der Waals surface area contributed by atoms with E-state index in [1.54, 1.807) is 13.8 Å². The van der Waals surface area contributed by atoms with E-state index in [0.29, 0.717) is 0 Å². The standard InChI is InChI=1S/C11H17NO/c1-8(12)9-5-4-6-10(7-9)11(2,3)13/h4-8,13H,12H2,1-3H3/t8-/m1/s1. The predicted octanol–water partition coefficient (Wildman–Crippen LogP) is 1.93. The van der Waals surface area contributed by atoms with Gasteiger partial charge in [-0.3, -0.25) is 0 Å². The van der Waals surface area contributed by atoms with Gasteiger partial charge in [0.1, 0.15) is 0 Å². The average molecular weight is 179 g/mol. The van der Waals surface area contributed by atoms with Crippen LogP contribution in [0.1, 0.15) is 37.9 Å². The highest BCUT2D eigenvalue weighted by molar-refractivity contribution is 5.28. The van der Waals surface area contributed by atoms with Crippen molar-refractivity contribution in [1.82, 2.24) is 0 Å². The third-order valence-electron chi connectivity index (χ3n) is 2.12. The van der Waals surface area contributed by atoms with E-state index in [2.05, 4.69) is 0 Å². The maximum atomic E-state index is 9.75. The monoisotopic (exact) mass is 179 g/mol. The molecule has 1 atom stereocenters. The van der Waals surface area contributed by atoms with Crippen LogP contribution in [-0.2, 0) is 5.60 Å². The van der Waals surface area contributed by atoms with Crippen molar-refractivity contribution >= 4 is 0 Å². The van der Waals surface area contributed by atoms with Gasteiger partial charge in [0.2, 0.25) is 0 Å². The first-order valence-electron chi connectivity index (χ1n) is 4.49. The minimum absolute atomic E-state index is 0.0160. The zero-order valence-electron chi connectivity index (χ0n) is 8.41. The summed E-state index contributed by atoms with van der Waals surface area (Å²) in [6.07, 6.45) is 0. The fourth-order valence-electron chi connectivity index (χ4n) is 1.20. The number of rotatable bonds is 2. The first-order valence-corrected chi connectivity index (χ1v) is 4.49. The Kier molecular flexibility index (Phi) is 2.74. The minimum atomic E-state index is -0.787. The highest BCUT2D eigenvalue weighted by Gasteiger charge is 2.16. The molecule has 0 heterocycles. The lowest BCUT2D eigenvalue weighted by atomic mass is 9.95. The van der Waals surface area contributed by atoms with Gasteiger partial charge in [-0.1, -0.05) is 24.3 Å².